The van der Waals surface area contributed by atoms with E-state index in [1.54, 1.807) is 39.8 Å². The van der Waals surface area contributed by atoms with Gasteiger partial charge in [0.2, 0.25) is 0 Å². The molecule has 4 nitrogen and oxygen atoms in total. The molecule has 0 amide bonds. The summed E-state index contributed by atoms with van der Waals surface area (Å²) in [6.07, 6.45) is 0.833. The van der Waals surface area contributed by atoms with Crippen LogP contribution in [-0.4, -0.2) is 45.6 Å². The van der Waals surface area contributed by atoms with Gasteiger partial charge in [-0.1, -0.05) is 6.92 Å². The molecule has 17 heavy (non-hydrogen) atoms. The molecule has 0 N–H and O–H groups in total. The Hall–Kier alpha value is -0.246. The van der Waals surface area contributed by atoms with Crippen LogP contribution in [0.5, 0.6) is 0 Å². The summed E-state index contributed by atoms with van der Waals surface area (Å²) in [5, 5.41) is 0.0509. The Labute approximate surface area is 107 Å². The van der Waals surface area contributed by atoms with Crippen molar-refractivity contribution in [3.63, 3.8) is 0 Å². The van der Waals surface area contributed by atoms with Crippen LogP contribution in [0.25, 0.3) is 0 Å². The van der Waals surface area contributed by atoms with E-state index < -0.39 is 17.1 Å². The highest BCUT2D eigenvalue weighted by Crippen LogP contribution is 2.37. The van der Waals surface area contributed by atoms with Crippen LogP contribution in [-0.2, 0) is 17.7 Å². The third-order valence-electron chi connectivity index (χ3n) is 3.22. The maximum absolute atomic E-state index is 5.63. The maximum Gasteiger partial charge on any atom is 0.369 e. The van der Waals surface area contributed by atoms with E-state index in [1.807, 2.05) is 0 Å². The van der Waals surface area contributed by atoms with Gasteiger partial charge in [-0.3, -0.25) is 0 Å². The standard InChI is InChI=1S/C11H24O4Si2/c1-8-11(16(9-2,12-4)13-5)17(10-3,14-6)15-7/h9-11H,2-3,8H2,1,4-7H3. The third kappa shape index (κ3) is 2.96. The van der Waals surface area contributed by atoms with Crippen molar-refractivity contribution in [3.05, 3.63) is 24.6 Å². The summed E-state index contributed by atoms with van der Waals surface area (Å²) in [5.74, 6) is 0. The smallest absolute Gasteiger partial charge is 0.369 e. The van der Waals surface area contributed by atoms with Crippen LogP contribution in [0.15, 0.2) is 24.6 Å². The molecule has 0 atom stereocenters. The lowest BCUT2D eigenvalue weighted by Crippen LogP contribution is -2.58. The molecule has 0 aliphatic rings. The summed E-state index contributed by atoms with van der Waals surface area (Å²) in [5.41, 5.74) is 3.56. The zero-order valence-corrected chi connectivity index (χ0v) is 13.5. The van der Waals surface area contributed by atoms with E-state index in [1.165, 1.54) is 0 Å². The van der Waals surface area contributed by atoms with Gasteiger partial charge in [0.25, 0.3) is 0 Å². The first-order valence-electron chi connectivity index (χ1n) is 5.54. The van der Waals surface area contributed by atoms with Gasteiger partial charge < -0.3 is 17.7 Å². The van der Waals surface area contributed by atoms with Crippen molar-refractivity contribution in [1.82, 2.24) is 0 Å². The summed E-state index contributed by atoms with van der Waals surface area (Å²) < 4.78 is 22.5. The average molecular weight is 276 g/mol. The van der Waals surface area contributed by atoms with Crippen molar-refractivity contribution in [2.24, 2.45) is 0 Å². The predicted octanol–water partition coefficient (Wildman–Crippen LogP) is 2.23. The Morgan fingerprint density at radius 3 is 1.29 bits per heavy atom. The first-order valence-corrected chi connectivity index (χ1v) is 9.48. The van der Waals surface area contributed by atoms with Crippen LogP contribution in [0.2, 0.25) is 5.16 Å². The van der Waals surface area contributed by atoms with Gasteiger partial charge in [-0.2, -0.15) is 0 Å². The van der Waals surface area contributed by atoms with Crippen molar-refractivity contribution in [3.8, 4) is 0 Å². The van der Waals surface area contributed by atoms with Crippen LogP contribution >= 0.6 is 0 Å². The highest BCUT2D eigenvalue weighted by atomic mass is 28.4. The van der Waals surface area contributed by atoms with E-state index in [9.17, 15) is 0 Å². The lowest BCUT2D eigenvalue weighted by molar-refractivity contribution is 0.215. The fraction of sp³-hybridized carbons (Fsp3) is 0.636. The van der Waals surface area contributed by atoms with E-state index in [2.05, 4.69) is 20.1 Å². The Bertz CT molecular complexity index is 226. The summed E-state index contributed by atoms with van der Waals surface area (Å²) in [4.78, 5) is 0. The molecule has 0 aromatic carbocycles. The molecule has 0 radical (unpaired) electrons. The van der Waals surface area contributed by atoms with Crippen molar-refractivity contribution < 1.29 is 17.7 Å². The molecule has 0 aromatic rings. The monoisotopic (exact) mass is 276 g/mol. The molecule has 0 aliphatic heterocycles. The number of rotatable bonds is 9. The van der Waals surface area contributed by atoms with Gasteiger partial charge in [0.05, 0.1) is 5.16 Å². The van der Waals surface area contributed by atoms with Gasteiger partial charge in [0, 0.05) is 28.4 Å². The minimum Gasteiger partial charge on any atom is -0.395 e. The molecule has 0 heterocycles. The lowest BCUT2D eigenvalue weighted by Gasteiger charge is -2.39. The topological polar surface area (TPSA) is 36.9 Å². The maximum atomic E-state index is 5.63. The molecule has 0 unspecified atom stereocenters. The van der Waals surface area contributed by atoms with Crippen LogP contribution in [0, 0.1) is 0 Å². The van der Waals surface area contributed by atoms with Crippen LogP contribution in [0.4, 0.5) is 0 Å². The van der Waals surface area contributed by atoms with Crippen molar-refractivity contribution >= 4 is 17.1 Å². The minimum atomic E-state index is -2.54. The van der Waals surface area contributed by atoms with E-state index in [0.717, 1.165) is 6.42 Å². The van der Waals surface area contributed by atoms with Crippen LogP contribution in [0.3, 0.4) is 0 Å². The second-order valence-electron chi connectivity index (χ2n) is 3.63. The van der Waals surface area contributed by atoms with E-state index in [-0.39, 0.29) is 5.16 Å². The second-order valence-corrected chi connectivity index (χ2v) is 10.9. The quantitative estimate of drug-likeness (QED) is 0.605. The van der Waals surface area contributed by atoms with Crippen molar-refractivity contribution in [2.45, 2.75) is 18.5 Å². The fourth-order valence-electron chi connectivity index (χ4n) is 2.20. The molecule has 100 valence electrons. The van der Waals surface area contributed by atoms with Gasteiger partial charge in [-0.25, -0.2) is 0 Å². The van der Waals surface area contributed by atoms with E-state index in [4.69, 9.17) is 17.7 Å². The molecule has 0 saturated carbocycles. The summed E-state index contributed by atoms with van der Waals surface area (Å²) in [6.45, 7) is 9.76. The molecule has 0 saturated heterocycles. The van der Waals surface area contributed by atoms with E-state index in [0.29, 0.717) is 0 Å². The molecule has 0 fully saturated rings. The molecule has 0 aromatic heterocycles. The van der Waals surface area contributed by atoms with Gasteiger partial charge in [0.1, 0.15) is 0 Å². The summed E-state index contributed by atoms with van der Waals surface area (Å²) >= 11 is 0. The molecule has 0 aliphatic carbocycles. The van der Waals surface area contributed by atoms with Crippen LogP contribution < -0.4 is 0 Å². The minimum absolute atomic E-state index is 0.0509. The van der Waals surface area contributed by atoms with Crippen molar-refractivity contribution in [1.29, 1.82) is 0 Å². The third-order valence-corrected chi connectivity index (χ3v) is 12.1. The largest absolute Gasteiger partial charge is 0.395 e. The SMILES string of the molecule is C=C[Si](OC)(OC)C(CC)[Si](C=C)(OC)OC. The Kier molecular flexibility index (Phi) is 7.14. The van der Waals surface area contributed by atoms with Gasteiger partial charge >= 0.3 is 17.1 Å². The molecule has 0 spiro atoms. The van der Waals surface area contributed by atoms with Gasteiger partial charge in [-0.05, 0) is 17.8 Å². The lowest BCUT2D eigenvalue weighted by atomic mass is 10.6. The fourth-order valence-corrected chi connectivity index (χ4v) is 10.4. The molecule has 0 bridgehead atoms. The van der Waals surface area contributed by atoms with Gasteiger partial charge in [-0.15, -0.1) is 13.2 Å². The first kappa shape index (κ1) is 16.8. The number of hydrogen-bond donors (Lipinski definition) is 0. The highest BCUT2D eigenvalue weighted by molar-refractivity contribution is 6.92. The van der Waals surface area contributed by atoms with Gasteiger partial charge in [0.15, 0.2) is 0 Å². The first-order chi connectivity index (χ1) is 8.06. The Morgan fingerprint density at radius 1 is 0.882 bits per heavy atom. The Morgan fingerprint density at radius 2 is 1.18 bits per heavy atom. The highest BCUT2D eigenvalue weighted by Gasteiger charge is 2.56. The van der Waals surface area contributed by atoms with Crippen LogP contribution in [0.1, 0.15) is 13.3 Å². The van der Waals surface area contributed by atoms with Crippen molar-refractivity contribution in [2.75, 3.05) is 28.4 Å². The summed E-state index contributed by atoms with van der Waals surface area (Å²) in [7, 11) is 1.50. The number of hydrogen-bond acceptors (Lipinski definition) is 4. The average Bonchev–Trinajstić information content (AvgIpc) is 2.40. The predicted molar refractivity (Wildman–Crippen MR) is 74.0 cm³/mol. The summed E-state index contributed by atoms with van der Waals surface area (Å²) in [6, 6.07) is 0. The zero-order valence-electron chi connectivity index (χ0n) is 11.5. The molecule has 6 heteroatoms. The molecular weight excluding hydrogens is 252 g/mol. The van der Waals surface area contributed by atoms with E-state index >= 15 is 0 Å². The second kappa shape index (κ2) is 7.25. The molecule has 0 rings (SSSR count). The molecular formula is C11H24O4Si2. The normalized spacial score (nSPS) is 12.8. The Balaban J connectivity index is 5.55. The zero-order chi connectivity index (χ0) is 13.5.